The molecule has 0 atom stereocenters. The van der Waals surface area contributed by atoms with Gasteiger partial charge in [-0.05, 0) is 37.7 Å². The molecule has 1 amide bonds. The Kier molecular flexibility index (Phi) is 5.28. The lowest BCUT2D eigenvalue weighted by Crippen LogP contribution is -2.52. The van der Waals surface area contributed by atoms with Crippen LogP contribution in [-0.4, -0.2) is 29.9 Å². The average molecular weight is 309 g/mol. The standard InChI is InChI=1S/C17H24N2O.ClH/c18-15-7-11-19(12-8-15)16(20)17(9-4-10-17)13-14-5-2-1-3-6-14;/h1-3,5-6,15H,4,7-13,18H2;1H. The number of halogens is 1. The van der Waals surface area contributed by atoms with Crippen molar-refractivity contribution >= 4 is 18.3 Å². The number of hydrogen-bond donors (Lipinski definition) is 1. The maximum atomic E-state index is 12.9. The molecule has 1 aliphatic heterocycles. The van der Waals surface area contributed by atoms with E-state index in [0.717, 1.165) is 45.2 Å². The lowest BCUT2D eigenvalue weighted by atomic mass is 9.64. The van der Waals surface area contributed by atoms with Crippen LogP contribution in [0.15, 0.2) is 30.3 Å². The minimum Gasteiger partial charge on any atom is -0.342 e. The number of carbonyl (C=O) groups is 1. The summed E-state index contributed by atoms with van der Waals surface area (Å²) < 4.78 is 0. The molecule has 2 fully saturated rings. The summed E-state index contributed by atoms with van der Waals surface area (Å²) in [5.41, 5.74) is 7.10. The largest absolute Gasteiger partial charge is 0.342 e. The molecule has 0 spiro atoms. The van der Waals surface area contributed by atoms with E-state index < -0.39 is 0 Å². The van der Waals surface area contributed by atoms with Crippen LogP contribution < -0.4 is 5.73 Å². The third-order valence-corrected chi connectivity index (χ3v) is 4.98. The Morgan fingerprint density at radius 2 is 1.81 bits per heavy atom. The summed E-state index contributed by atoms with van der Waals surface area (Å²) >= 11 is 0. The molecule has 1 heterocycles. The Labute approximate surface area is 133 Å². The van der Waals surface area contributed by atoms with Crippen LogP contribution in [0.4, 0.5) is 0 Å². The SMILES string of the molecule is Cl.NC1CCN(C(=O)C2(Cc3ccccc3)CCC2)CC1. The first-order valence-corrected chi connectivity index (χ1v) is 7.78. The molecule has 1 aromatic carbocycles. The van der Waals surface area contributed by atoms with Crippen LogP contribution in [0.3, 0.4) is 0 Å². The second-order valence-electron chi connectivity index (χ2n) is 6.43. The fourth-order valence-electron chi connectivity index (χ4n) is 3.49. The number of rotatable bonds is 3. The van der Waals surface area contributed by atoms with Gasteiger partial charge in [0.2, 0.25) is 5.91 Å². The third-order valence-electron chi connectivity index (χ3n) is 4.98. The van der Waals surface area contributed by atoms with Crippen LogP contribution in [0.5, 0.6) is 0 Å². The fraction of sp³-hybridized carbons (Fsp3) is 0.588. The van der Waals surface area contributed by atoms with Crippen LogP contribution in [-0.2, 0) is 11.2 Å². The maximum absolute atomic E-state index is 12.9. The summed E-state index contributed by atoms with van der Waals surface area (Å²) in [6.45, 7) is 1.69. The van der Waals surface area contributed by atoms with Crippen LogP contribution in [0.25, 0.3) is 0 Å². The zero-order chi connectivity index (χ0) is 14.0. The molecule has 0 unspecified atom stereocenters. The van der Waals surface area contributed by atoms with Gasteiger partial charge in [0.1, 0.15) is 0 Å². The molecule has 1 saturated carbocycles. The normalized spacial score (nSPS) is 21.3. The molecule has 3 nitrogen and oxygen atoms in total. The smallest absolute Gasteiger partial charge is 0.229 e. The van der Waals surface area contributed by atoms with Crippen LogP contribution in [0.1, 0.15) is 37.7 Å². The van der Waals surface area contributed by atoms with Crippen molar-refractivity contribution in [1.29, 1.82) is 0 Å². The van der Waals surface area contributed by atoms with E-state index in [0.29, 0.717) is 5.91 Å². The molecule has 1 aromatic rings. The molecule has 21 heavy (non-hydrogen) atoms. The van der Waals surface area contributed by atoms with Crippen molar-refractivity contribution in [1.82, 2.24) is 4.90 Å². The van der Waals surface area contributed by atoms with Gasteiger partial charge in [-0.2, -0.15) is 0 Å². The van der Waals surface area contributed by atoms with Gasteiger partial charge in [0.25, 0.3) is 0 Å². The molecule has 2 N–H and O–H groups in total. The van der Waals surface area contributed by atoms with Gasteiger partial charge in [-0.1, -0.05) is 36.8 Å². The third kappa shape index (κ3) is 3.41. The summed E-state index contributed by atoms with van der Waals surface area (Å²) in [5.74, 6) is 0.375. The molecule has 0 aromatic heterocycles. The summed E-state index contributed by atoms with van der Waals surface area (Å²) in [6.07, 6.45) is 6.08. The van der Waals surface area contributed by atoms with Crippen molar-refractivity contribution in [3.8, 4) is 0 Å². The first-order valence-electron chi connectivity index (χ1n) is 7.78. The lowest BCUT2D eigenvalue weighted by Gasteiger charge is -2.45. The molecule has 1 aliphatic carbocycles. The molecule has 4 heteroatoms. The van der Waals surface area contributed by atoms with Crippen LogP contribution in [0, 0.1) is 5.41 Å². The van der Waals surface area contributed by atoms with Gasteiger partial charge in [-0.3, -0.25) is 4.79 Å². The average Bonchev–Trinajstić information content (AvgIpc) is 2.44. The quantitative estimate of drug-likeness (QED) is 0.933. The summed E-state index contributed by atoms with van der Waals surface area (Å²) in [7, 11) is 0. The molecule has 116 valence electrons. The highest BCUT2D eigenvalue weighted by atomic mass is 35.5. The van der Waals surface area contributed by atoms with E-state index in [4.69, 9.17) is 5.73 Å². The highest BCUT2D eigenvalue weighted by Crippen LogP contribution is 2.45. The lowest BCUT2D eigenvalue weighted by molar-refractivity contribution is -0.148. The Hall–Kier alpha value is -1.06. The van der Waals surface area contributed by atoms with Crippen molar-refractivity contribution in [2.24, 2.45) is 11.1 Å². The fourth-order valence-corrected chi connectivity index (χ4v) is 3.49. The Morgan fingerprint density at radius 3 is 2.33 bits per heavy atom. The molecular weight excluding hydrogens is 284 g/mol. The number of nitrogens with zero attached hydrogens (tertiary/aromatic N) is 1. The molecule has 3 rings (SSSR count). The van der Waals surface area contributed by atoms with Gasteiger partial charge in [-0.25, -0.2) is 0 Å². The highest BCUT2D eigenvalue weighted by Gasteiger charge is 2.46. The molecule has 0 radical (unpaired) electrons. The predicted octanol–water partition coefficient (Wildman–Crippen LogP) is 2.77. The zero-order valence-corrected chi connectivity index (χ0v) is 13.3. The number of nitrogens with two attached hydrogens (primary N) is 1. The number of likely N-dealkylation sites (tertiary alicyclic amines) is 1. The Bertz CT molecular complexity index is 465. The summed E-state index contributed by atoms with van der Waals surface area (Å²) in [6, 6.07) is 10.7. The van der Waals surface area contributed by atoms with E-state index >= 15 is 0 Å². The monoisotopic (exact) mass is 308 g/mol. The number of piperidine rings is 1. The van der Waals surface area contributed by atoms with Gasteiger partial charge < -0.3 is 10.6 Å². The second-order valence-corrected chi connectivity index (χ2v) is 6.43. The Balaban J connectivity index is 0.00000161. The van der Waals surface area contributed by atoms with Crippen molar-refractivity contribution in [3.63, 3.8) is 0 Å². The van der Waals surface area contributed by atoms with E-state index in [1.165, 1.54) is 12.0 Å². The van der Waals surface area contributed by atoms with E-state index in [2.05, 4.69) is 29.2 Å². The van der Waals surface area contributed by atoms with Crippen LogP contribution >= 0.6 is 12.4 Å². The van der Waals surface area contributed by atoms with Crippen molar-refractivity contribution in [2.75, 3.05) is 13.1 Å². The maximum Gasteiger partial charge on any atom is 0.229 e. The first kappa shape index (κ1) is 16.3. The number of carbonyl (C=O) groups excluding carboxylic acids is 1. The van der Waals surface area contributed by atoms with Gasteiger partial charge >= 0.3 is 0 Å². The molecule has 0 bridgehead atoms. The zero-order valence-electron chi connectivity index (χ0n) is 12.5. The van der Waals surface area contributed by atoms with Crippen molar-refractivity contribution in [2.45, 2.75) is 44.6 Å². The van der Waals surface area contributed by atoms with Gasteiger partial charge in [0, 0.05) is 19.1 Å². The number of amides is 1. The Morgan fingerprint density at radius 1 is 1.19 bits per heavy atom. The highest BCUT2D eigenvalue weighted by molar-refractivity contribution is 5.85. The summed E-state index contributed by atoms with van der Waals surface area (Å²) in [4.78, 5) is 15.0. The van der Waals surface area contributed by atoms with Gasteiger partial charge in [-0.15, -0.1) is 12.4 Å². The second kappa shape index (κ2) is 6.80. The van der Waals surface area contributed by atoms with Crippen molar-refractivity contribution < 1.29 is 4.79 Å². The van der Waals surface area contributed by atoms with E-state index in [1.54, 1.807) is 0 Å². The van der Waals surface area contributed by atoms with Crippen LogP contribution in [0.2, 0.25) is 0 Å². The predicted molar refractivity (Wildman–Crippen MR) is 87.5 cm³/mol. The first-order chi connectivity index (χ1) is 9.70. The molecular formula is C17H25ClN2O. The van der Waals surface area contributed by atoms with Gasteiger partial charge in [0.05, 0.1) is 5.41 Å². The molecule has 1 saturated heterocycles. The summed E-state index contributed by atoms with van der Waals surface area (Å²) in [5, 5.41) is 0. The number of hydrogen-bond acceptors (Lipinski definition) is 2. The molecule has 2 aliphatic rings. The topological polar surface area (TPSA) is 46.3 Å². The number of benzene rings is 1. The van der Waals surface area contributed by atoms with Gasteiger partial charge in [0.15, 0.2) is 0 Å². The van der Waals surface area contributed by atoms with Crippen molar-refractivity contribution in [3.05, 3.63) is 35.9 Å². The van der Waals surface area contributed by atoms with E-state index in [1.807, 2.05) is 6.07 Å². The minimum atomic E-state index is -0.122. The van der Waals surface area contributed by atoms with E-state index in [9.17, 15) is 4.79 Å². The minimum absolute atomic E-state index is 0. The van der Waals surface area contributed by atoms with E-state index in [-0.39, 0.29) is 23.9 Å².